The van der Waals surface area contributed by atoms with Crippen molar-refractivity contribution < 1.29 is 18.7 Å². The van der Waals surface area contributed by atoms with Crippen molar-refractivity contribution in [3.05, 3.63) is 70.4 Å². The van der Waals surface area contributed by atoms with Crippen LogP contribution in [0.25, 0.3) is 33.4 Å². The maximum absolute atomic E-state index is 12.3. The minimum Gasteiger partial charge on any atom is -0.497 e. The van der Waals surface area contributed by atoms with Crippen LogP contribution in [0.4, 0.5) is 0 Å². The minimum atomic E-state index is -0.246. The van der Waals surface area contributed by atoms with E-state index in [-0.39, 0.29) is 11.4 Å². The minimum absolute atomic E-state index is 0.126. The molecule has 0 aromatic heterocycles. The quantitative estimate of drug-likeness (QED) is 0.115. The van der Waals surface area contributed by atoms with Crippen LogP contribution in [0, 0.1) is 6.92 Å². The summed E-state index contributed by atoms with van der Waals surface area (Å²) in [7, 11) is 1.64. The van der Waals surface area contributed by atoms with Gasteiger partial charge < -0.3 is 13.9 Å². The summed E-state index contributed by atoms with van der Waals surface area (Å²) in [5, 5.41) is 0.874. The van der Waals surface area contributed by atoms with E-state index < -0.39 is 0 Å². The average molecular weight is 459 g/mol. The second-order valence-corrected chi connectivity index (χ2v) is 8.61. The van der Waals surface area contributed by atoms with Crippen LogP contribution in [0.5, 0.6) is 11.5 Å². The molecule has 34 heavy (non-hydrogen) atoms. The van der Waals surface area contributed by atoms with Crippen molar-refractivity contribution in [2.75, 3.05) is 7.11 Å². The van der Waals surface area contributed by atoms with Gasteiger partial charge in [0.2, 0.25) is 0 Å². The zero-order valence-corrected chi connectivity index (χ0v) is 20.0. The van der Waals surface area contributed by atoms with Crippen LogP contribution in [-0.2, 0) is 4.79 Å². The first kappa shape index (κ1) is 23.6. The molecule has 1 heterocycles. The summed E-state index contributed by atoms with van der Waals surface area (Å²) in [4.78, 5) is 24.4. The number of rotatable bonds is 9. The fourth-order valence-corrected chi connectivity index (χ4v) is 4.30. The lowest BCUT2D eigenvalue weighted by atomic mass is 9.91. The normalized spacial score (nSPS) is 11.1. The third-order valence-electron chi connectivity index (χ3n) is 6.08. The number of hydrogen-bond donors (Lipinski definition) is 0. The van der Waals surface area contributed by atoms with Gasteiger partial charge in [0, 0.05) is 35.1 Å². The first-order valence-electron chi connectivity index (χ1n) is 11.9. The highest BCUT2D eigenvalue weighted by Crippen LogP contribution is 2.42. The summed E-state index contributed by atoms with van der Waals surface area (Å²) in [5.41, 5.74) is 4.29. The third-order valence-corrected chi connectivity index (χ3v) is 6.08. The van der Waals surface area contributed by atoms with E-state index in [1.807, 2.05) is 31.2 Å². The van der Waals surface area contributed by atoms with Crippen LogP contribution < -0.4 is 14.9 Å². The Bertz CT molecular complexity index is 1330. The van der Waals surface area contributed by atoms with E-state index in [1.54, 1.807) is 31.4 Å². The van der Waals surface area contributed by atoms with E-state index in [1.165, 1.54) is 18.9 Å². The molecule has 0 N–H and O–H groups in total. The standard InChI is InChI=1S/C29H30O5/c1-4-5-6-7-8-9-28(31)33-22-12-15-25-27(18-22)34-26-17-20(30)10-13-24(26)29(25)23-14-11-21(32-3)16-19(23)2/h10-18H,4-9H2,1-3H3. The fourth-order valence-electron chi connectivity index (χ4n) is 4.30. The molecule has 0 unspecified atom stereocenters. The Hall–Kier alpha value is -3.60. The highest BCUT2D eigenvalue weighted by molar-refractivity contribution is 6.03. The Kier molecular flexibility index (Phi) is 7.31. The van der Waals surface area contributed by atoms with Crippen LogP contribution in [0.15, 0.2) is 63.8 Å². The number of carbonyl (C=O) groups excluding carboxylic acids is 1. The largest absolute Gasteiger partial charge is 0.497 e. The number of carbonyl (C=O) groups is 1. The number of hydrogen-bond acceptors (Lipinski definition) is 5. The fraction of sp³-hybridized carbons (Fsp3) is 0.310. The predicted molar refractivity (Wildman–Crippen MR) is 135 cm³/mol. The van der Waals surface area contributed by atoms with Gasteiger partial charge in [-0.3, -0.25) is 9.59 Å². The maximum Gasteiger partial charge on any atom is 0.311 e. The summed E-state index contributed by atoms with van der Waals surface area (Å²) in [5.74, 6) is 1.46. The molecule has 2 aromatic rings. The molecule has 0 atom stereocenters. The van der Waals surface area contributed by atoms with Crippen LogP contribution in [0.1, 0.15) is 51.0 Å². The van der Waals surface area contributed by atoms with Crippen LogP contribution in [0.3, 0.4) is 0 Å². The summed E-state index contributed by atoms with van der Waals surface area (Å²) in [6, 6.07) is 16.2. The molecule has 2 aromatic carbocycles. The summed E-state index contributed by atoms with van der Waals surface area (Å²) < 4.78 is 17.1. The molecular formula is C29H30O5. The first-order chi connectivity index (χ1) is 16.5. The Morgan fingerprint density at radius 2 is 1.65 bits per heavy atom. The van der Waals surface area contributed by atoms with Crippen molar-refractivity contribution in [1.29, 1.82) is 0 Å². The number of fused-ring (bicyclic) bond motifs is 2. The second-order valence-electron chi connectivity index (χ2n) is 8.61. The van der Waals surface area contributed by atoms with E-state index in [9.17, 15) is 9.59 Å². The lowest BCUT2D eigenvalue weighted by Crippen LogP contribution is -2.07. The number of aryl methyl sites for hydroxylation is 1. The molecule has 0 radical (unpaired) electrons. The monoisotopic (exact) mass is 458 g/mol. The highest BCUT2D eigenvalue weighted by atomic mass is 16.5. The lowest BCUT2D eigenvalue weighted by molar-refractivity contribution is -0.134. The molecular weight excluding hydrogens is 428 g/mol. The summed E-state index contributed by atoms with van der Waals surface area (Å²) >= 11 is 0. The SMILES string of the molecule is CCCCCCCC(=O)Oc1ccc2c(-c3ccc(OC)cc3C)c3ccc(=O)cc-3oc2c1. The topological polar surface area (TPSA) is 65.7 Å². The zero-order valence-electron chi connectivity index (χ0n) is 20.0. The molecule has 176 valence electrons. The Labute approximate surface area is 199 Å². The Morgan fingerprint density at radius 3 is 2.41 bits per heavy atom. The number of ether oxygens (including phenoxy) is 2. The van der Waals surface area contributed by atoms with Gasteiger partial charge in [0.15, 0.2) is 5.43 Å². The lowest BCUT2D eigenvalue weighted by Gasteiger charge is -2.17. The molecule has 0 saturated carbocycles. The van der Waals surface area contributed by atoms with Gasteiger partial charge in [0.25, 0.3) is 0 Å². The Morgan fingerprint density at radius 1 is 0.882 bits per heavy atom. The number of esters is 1. The number of methoxy groups -OCH3 is 1. The summed E-state index contributed by atoms with van der Waals surface area (Å²) in [6.07, 6.45) is 5.76. The molecule has 2 aliphatic rings. The van der Waals surface area contributed by atoms with E-state index in [0.29, 0.717) is 23.5 Å². The van der Waals surface area contributed by atoms with Crippen LogP contribution in [-0.4, -0.2) is 13.1 Å². The van der Waals surface area contributed by atoms with Crippen molar-refractivity contribution in [2.24, 2.45) is 0 Å². The second kappa shape index (κ2) is 10.6. The van der Waals surface area contributed by atoms with Crippen molar-refractivity contribution in [3.8, 4) is 33.9 Å². The van der Waals surface area contributed by atoms with E-state index in [2.05, 4.69) is 6.92 Å². The van der Waals surface area contributed by atoms with Crippen LogP contribution >= 0.6 is 0 Å². The molecule has 0 saturated heterocycles. The molecule has 1 aliphatic heterocycles. The maximum atomic E-state index is 12.3. The van der Waals surface area contributed by atoms with E-state index >= 15 is 0 Å². The van der Waals surface area contributed by atoms with Gasteiger partial charge in [-0.2, -0.15) is 0 Å². The van der Waals surface area contributed by atoms with Gasteiger partial charge in [0.1, 0.15) is 22.8 Å². The zero-order chi connectivity index (χ0) is 24.1. The van der Waals surface area contributed by atoms with Crippen molar-refractivity contribution in [3.63, 3.8) is 0 Å². The predicted octanol–water partition coefficient (Wildman–Crippen LogP) is 7.15. The van der Waals surface area contributed by atoms with Crippen molar-refractivity contribution >= 4 is 16.9 Å². The van der Waals surface area contributed by atoms with E-state index in [4.69, 9.17) is 13.9 Å². The van der Waals surface area contributed by atoms with Gasteiger partial charge in [-0.25, -0.2) is 0 Å². The summed E-state index contributed by atoms with van der Waals surface area (Å²) in [6.45, 7) is 4.19. The first-order valence-corrected chi connectivity index (χ1v) is 11.9. The molecule has 5 heteroatoms. The van der Waals surface area contributed by atoms with Gasteiger partial charge in [-0.1, -0.05) is 38.7 Å². The third kappa shape index (κ3) is 5.14. The highest BCUT2D eigenvalue weighted by Gasteiger charge is 2.19. The van der Waals surface area contributed by atoms with Gasteiger partial charge in [-0.15, -0.1) is 0 Å². The molecule has 1 aliphatic carbocycles. The number of unbranched alkanes of at least 4 members (excludes halogenated alkanes) is 4. The van der Waals surface area contributed by atoms with Gasteiger partial charge in [-0.05, 0) is 60.9 Å². The molecule has 4 rings (SSSR count). The van der Waals surface area contributed by atoms with Crippen molar-refractivity contribution in [1.82, 2.24) is 0 Å². The average Bonchev–Trinajstić information content (AvgIpc) is 2.82. The molecule has 5 nitrogen and oxygen atoms in total. The molecule has 0 bridgehead atoms. The molecule has 0 amide bonds. The molecule has 0 spiro atoms. The number of benzene rings is 3. The van der Waals surface area contributed by atoms with Gasteiger partial charge in [0.05, 0.1) is 7.11 Å². The molecule has 0 fully saturated rings. The smallest absolute Gasteiger partial charge is 0.311 e. The Balaban J connectivity index is 1.72. The van der Waals surface area contributed by atoms with Crippen molar-refractivity contribution in [2.45, 2.75) is 52.4 Å². The van der Waals surface area contributed by atoms with Crippen LogP contribution in [0.2, 0.25) is 0 Å². The van der Waals surface area contributed by atoms with Gasteiger partial charge >= 0.3 is 5.97 Å². The van der Waals surface area contributed by atoms with E-state index in [0.717, 1.165) is 52.7 Å².